The van der Waals surface area contributed by atoms with Gasteiger partial charge in [0.05, 0.1) is 0 Å². The number of thiophene rings is 1. The Morgan fingerprint density at radius 3 is 2.58 bits per heavy atom. The van der Waals surface area contributed by atoms with Crippen molar-refractivity contribution < 1.29 is 0 Å². The molecular weight excluding hydrogens is 320 g/mol. The first-order chi connectivity index (χ1) is 9.03. The van der Waals surface area contributed by atoms with Crippen molar-refractivity contribution in [1.82, 2.24) is 10.2 Å². The van der Waals surface area contributed by atoms with E-state index in [1.54, 1.807) is 0 Å². The van der Waals surface area contributed by atoms with Gasteiger partial charge in [-0.25, -0.2) is 0 Å². The summed E-state index contributed by atoms with van der Waals surface area (Å²) in [6.45, 7) is 3.36. The molecule has 1 atom stereocenters. The predicted molar refractivity (Wildman–Crippen MR) is 87.9 cm³/mol. The van der Waals surface area contributed by atoms with E-state index < -0.39 is 0 Å². The Kier molecular flexibility index (Phi) is 5.46. The number of nitrogens with zero attached hydrogens (tertiary/aromatic N) is 1. The van der Waals surface area contributed by atoms with Crippen LogP contribution in [0.15, 0.2) is 15.9 Å². The van der Waals surface area contributed by atoms with Crippen LogP contribution in [0.25, 0.3) is 0 Å². The van der Waals surface area contributed by atoms with Gasteiger partial charge in [-0.15, -0.1) is 11.3 Å². The van der Waals surface area contributed by atoms with E-state index in [1.807, 2.05) is 11.3 Å². The molecule has 0 spiro atoms. The van der Waals surface area contributed by atoms with E-state index in [0.717, 1.165) is 6.54 Å². The highest BCUT2D eigenvalue weighted by Crippen LogP contribution is 2.33. The molecule has 1 fully saturated rings. The lowest BCUT2D eigenvalue weighted by atomic mass is 9.80. The lowest BCUT2D eigenvalue weighted by Gasteiger charge is -2.43. The minimum absolute atomic E-state index is 0.362. The van der Waals surface area contributed by atoms with Crippen LogP contribution >= 0.6 is 27.3 Å². The Morgan fingerprint density at radius 1 is 1.37 bits per heavy atom. The van der Waals surface area contributed by atoms with Crippen molar-refractivity contribution in [2.45, 2.75) is 50.6 Å². The van der Waals surface area contributed by atoms with Gasteiger partial charge in [-0.2, -0.15) is 0 Å². The molecule has 1 unspecified atom stereocenters. The third-order valence-electron chi connectivity index (χ3n) is 4.48. The lowest BCUT2D eigenvalue weighted by molar-refractivity contribution is 0.0960. The highest BCUT2D eigenvalue weighted by Gasteiger charge is 2.34. The van der Waals surface area contributed by atoms with Crippen LogP contribution in [0, 0.1) is 0 Å². The minimum Gasteiger partial charge on any atom is -0.308 e. The van der Waals surface area contributed by atoms with Crippen molar-refractivity contribution in [1.29, 1.82) is 0 Å². The standard InChI is InChI=1S/C15H25BrN2S/c1-12(14-9-13(16)10-19-14)17-11-15(18(2)3)7-5-4-6-8-15/h9-10,12,17H,4-8,11H2,1-3H3. The Hall–Kier alpha value is 0.1000. The van der Waals surface area contributed by atoms with Crippen molar-refractivity contribution >= 4 is 27.3 Å². The SMILES string of the molecule is CC(NCC1(N(C)C)CCCCC1)c1cc(Br)cs1. The smallest absolute Gasteiger partial charge is 0.0387 e. The normalized spacial score (nSPS) is 20.7. The second-order valence-electron chi connectivity index (χ2n) is 5.95. The molecule has 1 aromatic heterocycles. The predicted octanol–water partition coefficient (Wildman–Crippen LogP) is 4.43. The maximum Gasteiger partial charge on any atom is 0.0387 e. The van der Waals surface area contributed by atoms with E-state index >= 15 is 0 Å². The summed E-state index contributed by atoms with van der Waals surface area (Å²) in [6.07, 6.45) is 6.81. The van der Waals surface area contributed by atoms with E-state index in [4.69, 9.17) is 0 Å². The summed E-state index contributed by atoms with van der Waals surface area (Å²) in [6, 6.07) is 2.67. The third-order valence-corrected chi connectivity index (χ3v) is 6.36. The average molecular weight is 345 g/mol. The van der Waals surface area contributed by atoms with Crippen LogP contribution in [0.5, 0.6) is 0 Å². The lowest BCUT2D eigenvalue weighted by Crippen LogP contribution is -2.53. The fourth-order valence-corrected chi connectivity index (χ4v) is 4.47. The number of rotatable bonds is 5. The van der Waals surface area contributed by atoms with Gasteiger partial charge in [0.15, 0.2) is 0 Å². The van der Waals surface area contributed by atoms with Crippen molar-refractivity contribution in [3.8, 4) is 0 Å². The zero-order valence-corrected chi connectivity index (χ0v) is 14.6. The van der Waals surface area contributed by atoms with E-state index in [9.17, 15) is 0 Å². The Balaban J connectivity index is 1.95. The van der Waals surface area contributed by atoms with E-state index in [0.29, 0.717) is 11.6 Å². The molecule has 0 bridgehead atoms. The molecule has 2 rings (SSSR count). The summed E-state index contributed by atoms with van der Waals surface area (Å²) in [5, 5.41) is 5.91. The molecule has 1 aliphatic rings. The maximum atomic E-state index is 3.75. The molecule has 19 heavy (non-hydrogen) atoms. The van der Waals surface area contributed by atoms with Gasteiger partial charge in [0, 0.05) is 32.9 Å². The van der Waals surface area contributed by atoms with Crippen LogP contribution < -0.4 is 5.32 Å². The summed E-state index contributed by atoms with van der Waals surface area (Å²) in [7, 11) is 4.47. The monoisotopic (exact) mass is 344 g/mol. The molecule has 0 radical (unpaired) electrons. The van der Waals surface area contributed by atoms with Crippen LogP contribution in [0.3, 0.4) is 0 Å². The number of likely N-dealkylation sites (N-methyl/N-ethyl adjacent to an activating group) is 1. The van der Waals surface area contributed by atoms with E-state index in [-0.39, 0.29) is 0 Å². The molecule has 0 aliphatic heterocycles. The van der Waals surface area contributed by atoms with Crippen molar-refractivity contribution in [3.05, 3.63) is 20.8 Å². The summed E-state index contributed by atoms with van der Waals surface area (Å²) >= 11 is 5.36. The van der Waals surface area contributed by atoms with Crippen LogP contribution in [-0.2, 0) is 0 Å². The Bertz CT molecular complexity index is 397. The summed E-state index contributed by atoms with van der Waals surface area (Å²) < 4.78 is 1.20. The molecule has 1 aliphatic carbocycles. The number of nitrogens with one attached hydrogen (secondary N) is 1. The zero-order valence-electron chi connectivity index (χ0n) is 12.2. The van der Waals surface area contributed by atoms with E-state index in [1.165, 1.54) is 41.5 Å². The van der Waals surface area contributed by atoms with Gasteiger partial charge in [0.25, 0.3) is 0 Å². The van der Waals surface area contributed by atoms with Crippen molar-refractivity contribution in [3.63, 3.8) is 0 Å². The van der Waals surface area contributed by atoms with Gasteiger partial charge in [-0.1, -0.05) is 19.3 Å². The second kappa shape index (κ2) is 6.70. The molecule has 0 saturated heterocycles. The zero-order chi connectivity index (χ0) is 13.9. The highest BCUT2D eigenvalue weighted by atomic mass is 79.9. The van der Waals surface area contributed by atoms with E-state index in [2.05, 4.69) is 58.6 Å². The van der Waals surface area contributed by atoms with Gasteiger partial charge in [-0.3, -0.25) is 0 Å². The molecule has 1 saturated carbocycles. The fourth-order valence-electron chi connectivity index (χ4n) is 2.99. The molecule has 0 aromatic carbocycles. The second-order valence-corrected chi connectivity index (χ2v) is 7.81. The number of hydrogen-bond donors (Lipinski definition) is 1. The summed E-state index contributed by atoms with van der Waals surface area (Å²) in [4.78, 5) is 3.85. The molecule has 108 valence electrons. The highest BCUT2D eigenvalue weighted by molar-refractivity contribution is 9.10. The minimum atomic E-state index is 0.362. The van der Waals surface area contributed by atoms with Crippen LogP contribution in [0.1, 0.15) is 49.9 Å². The molecule has 1 N–H and O–H groups in total. The Morgan fingerprint density at radius 2 is 2.05 bits per heavy atom. The largest absolute Gasteiger partial charge is 0.308 e. The van der Waals surface area contributed by atoms with Crippen molar-refractivity contribution in [2.24, 2.45) is 0 Å². The average Bonchev–Trinajstić information content (AvgIpc) is 2.83. The van der Waals surface area contributed by atoms with Crippen LogP contribution in [0.4, 0.5) is 0 Å². The van der Waals surface area contributed by atoms with Gasteiger partial charge in [-0.05, 0) is 55.9 Å². The van der Waals surface area contributed by atoms with Gasteiger partial charge in [0.1, 0.15) is 0 Å². The number of hydrogen-bond acceptors (Lipinski definition) is 3. The summed E-state index contributed by atoms with van der Waals surface area (Å²) in [5.74, 6) is 0. The number of halogens is 1. The van der Waals surface area contributed by atoms with Crippen LogP contribution in [-0.4, -0.2) is 31.1 Å². The Labute approximate surface area is 129 Å². The van der Waals surface area contributed by atoms with Crippen LogP contribution in [0.2, 0.25) is 0 Å². The maximum absolute atomic E-state index is 3.75. The molecule has 4 heteroatoms. The topological polar surface area (TPSA) is 15.3 Å². The quantitative estimate of drug-likeness (QED) is 0.850. The third kappa shape index (κ3) is 3.81. The first-order valence-corrected chi connectivity index (χ1v) is 8.85. The summed E-state index contributed by atoms with van der Waals surface area (Å²) in [5.41, 5.74) is 0.362. The molecule has 0 amide bonds. The molecule has 1 aromatic rings. The molecule has 1 heterocycles. The molecular formula is C15H25BrN2S. The first-order valence-electron chi connectivity index (χ1n) is 7.18. The first kappa shape index (κ1) is 15.5. The fraction of sp³-hybridized carbons (Fsp3) is 0.733. The van der Waals surface area contributed by atoms with Gasteiger partial charge >= 0.3 is 0 Å². The molecule has 2 nitrogen and oxygen atoms in total. The van der Waals surface area contributed by atoms with Crippen molar-refractivity contribution in [2.75, 3.05) is 20.6 Å². The van der Waals surface area contributed by atoms with Gasteiger partial charge < -0.3 is 10.2 Å². The van der Waals surface area contributed by atoms with Gasteiger partial charge in [0.2, 0.25) is 0 Å².